The molecular weight excluding hydrogens is 474 g/mol. The average molecular weight is 518 g/mol. The molecule has 1 aliphatic carbocycles. The molecule has 2 atom stereocenters. The fraction of sp³-hybridized carbons (Fsp3) is 0.562. The zero-order chi connectivity index (χ0) is 26.9. The van der Waals surface area contributed by atoms with Crippen molar-refractivity contribution in [3.8, 4) is 11.4 Å². The van der Waals surface area contributed by atoms with Crippen LogP contribution >= 0.6 is 0 Å². The quantitative estimate of drug-likeness (QED) is 0.316. The van der Waals surface area contributed by atoms with E-state index in [1.807, 2.05) is 36.7 Å². The number of rotatable bonds is 13. The first-order valence-electron chi connectivity index (χ1n) is 14.6. The number of nitrogens with zero attached hydrogens (tertiary/aromatic N) is 3. The van der Waals surface area contributed by atoms with E-state index in [4.69, 9.17) is 5.11 Å². The summed E-state index contributed by atoms with van der Waals surface area (Å²) < 4.78 is 0. The number of aliphatic carboxylic acids is 1. The van der Waals surface area contributed by atoms with Gasteiger partial charge in [-0.05, 0) is 48.7 Å². The molecule has 2 aromatic rings. The van der Waals surface area contributed by atoms with Gasteiger partial charge in [0.2, 0.25) is 5.91 Å². The lowest BCUT2D eigenvalue weighted by atomic mass is 9.83. The Morgan fingerprint density at radius 1 is 1.05 bits per heavy atom. The molecule has 0 spiro atoms. The van der Waals surface area contributed by atoms with Crippen LogP contribution < -0.4 is 0 Å². The number of carbonyl (C=O) groups is 2. The summed E-state index contributed by atoms with van der Waals surface area (Å²) in [5.74, 6) is 1.23. The fourth-order valence-electron chi connectivity index (χ4n) is 5.78. The van der Waals surface area contributed by atoms with Crippen molar-refractivity contribution in [2.75, 3.05) is 13.1 Å². The van der Waals surface area contributed by atoms with Gasteiger partial charge in [-0.3, -0.25) is 9.59 Å². The SMILES string of the molecule is CCCC(CC)CCC[C@@H]1CC=C(c2cnc(-c3ccc(CCC(=O)N4CC(C(=O)O)C4)cc3)nc2)CC1. The maximum absolute atomic E-state index is 12.2. The lowest BCUT2D eigenvalue weighted by molar-refractivity contribution is -0.152. The number of likely N-dealkylation sites (tertiary alicyclic amines) is 1. The zero-order valence-electron chi connectivity index (χ0n) is 23.1. The second-order valence-electron chi connectivity index (χ2n) is 11.2. The molecule has 1 aromatic heterocycles. The Morgan fingerprint density at radius 3 is 2.39 bits per heavy atom. The minimum atomic E-state index is -0.822. The molecular formula is C32H43N3O3. The monoisotopic (exact) mass is 517 g/mol. The van der Waals surface area contributed by atoms with E-state index in [0.717, 1.165) is 34.9 Å². The van der Waals surface area contributed by atoms with Gasteiger partial charge in [0.25, 0.3) is 0 Å². The van der Waals surface area contributed by atoms with Gasteiger partial charge in [0.1, 0.15) is 0 Å². The average Bonchev–Trinajstić information content (AvgIpc) is 2.91. The number of carboxylic acids is 1. The van der Waals surface area contributed by atoms with E-state index >= 15 is 0 Å². The Kier molecular flexibility index (Phi) is 10.1. The van der Waals surface area contributed by atoms with E-state index in [1.54, 1.807) is 4.90 Å². The van der Waals surface area contributed by atoms with E-state index in [1.165, 1.54) is 56.9 Å². The van der Waals surface area contributed by atoms with Crippen molar-refractivity contribution in [2.45, 2.75) is 84.5 Å². The van der Waals surface area contributed by atoms with Gasteiger partial charge in [-0.2, -0.15) is 0 Å². The summed E-state index contributed by atoms with van der Waals surface area (Å²) in [7, 11) is 0. The number of aromatic nitrogens is 2. The highest BCUT2D eigenvalue weighted by molar-refractivity contribution is 5.81. The number of carbonyl (C=O) groups excluding carboxylic acids is 1. The molecule has 0 radical (unpaired) electrons. The molecule has 1 amide bonds. The number of carboxylic acid groups (broad SMARTS) is 1. The first-order valence-corrected chi connectivity index (χ1v) is 14.6. The van der Waals surface area contributed by atoms with Crippen molar-refractivity contribution in [1.82, 2.24) is 14.9 Å². The second-order valence-corrected chi connectivity index (χ2v) is 11.2. The molecule has 1 unspecified atom stereocenters. The second kappa shape index (κ2) is 13.7. The Labute approximate surface area is 227 Å². The molecule has 6 heteroatoms. The van der Waals surface area contributed by atoms with E-state index in [9.17, 15) is 9.59 Å². The first-order chi connectivity index (χ1) is 18.5. The molecule has 38 heavy (non-hydrogen) atoms. The van der Waals surface area contributed by atoms with Crippen LogP contribution in [0.4, 0.5) is 0 Å². The van der Waals surface area contributed by atoms with Gasteiger partial charge in [0.15, 0.2) is 5.82 Å². The molecule has 1 fully saturated rings. The number of benzene rings is 1. The standard InChI is InChI=1S/C32H43N3O3/c1-3-6-23(4-2)7-5-8-24-9-14-26(15-10-24)28-19-33-31(34-20-28)27-16-11-25(12-17-27)13-18-30(36)35-21-29(22-35)32(37)38/h11-12,14,16-17,19-20,23-24,29H,3-10,13,15,18,21-22H2,1-2H3,(H,37,38)/t23?,24-/m1/s1. The molecule has 1 aromatic carbocycles. The third-order valence-corrected chi connectivity index (χ3v) is 8.46. The van der Waals surface area contributed by atoms with Gasteiger partial charge in [0.05, 0.1) is 5.92 Å². The molecule has 1 saturated heterocycles. The van der Waals surface area contributed by atoms with Crippen LogP contribution in [0.15, 0.2) is 42.7 Å². The summed E-state index contributed by atoms with van der Waals surface area (Å²) >= 11 is 0. The molecule has 1 aliphatic heterocycles. The molecule has 0 bridgehead atoms. The molecule has 204 valence electrons. The zero-order valence-corrected chi connectivity index (χ0v) is 23.1. The normalized spacial score (nSPS) is 18.5. The Bertz CT molecular complexity index is 1090. The number of hydrogen-bond donors (Lipinski definition) is 1. The van der Waals surface area contributed by atoms with Gasteiger partial charge >= 0.3 is 5.97 Å². The van der Waals surface area contributed by atoms with E-state index in [-0.39, 0.29) is 5.91 Å². The van der Waals surface area contributed by atoms with Crippen molar-refractivity contribution >= 4 is 17.4 Å². The van der Waals surface area contributed by atoms with Crippen molar-refractivity contribution in [3.05, 3.63) is 53.9 Å². The summed E-state index contributed by atoms with van der Waals surface area (Å²) in [5.41, 5.74) is 4.55. The topological polar surface area (TPSA) is 83.4 Å². The minimum absolute atomic E-state index is 0.0194. The number of allylic oxidation sites excluding steroid dienone is 2. The fourth-order valence-corrected chi connectivity index (χ4v) is 5.78. The number of aryl methyl sites for hydroxylation is 1. The van der Waals surface area contributed by atoms with Gasteiger partial charge < -0.3 is 10.0 Å². The molecule has 6 nitrogen and oxygen atoms in total. The number of amides is 1. The van der Waals surface area contributed by atoms with Crippen molar-refractivity contribution in [1.29, 1.82) is 0 Å². The maximum Gasteiger partial charge on any atom is 0.310 e. The van der Waals surface area contributed by atoms with Gasteiger partial charge in [-0.1, -0.05) is 82.7 Å². The lowest BCUT2D eigenvalue weighted by Gasteiger charge is -2.36. The predicted molar refractivity (Wildman–Crippen MR) is 151 cm³/mol. The highest BCUT2D eigenvalue weighted by atomic mass is 16.4. The van der Waals surface area contributed by atoms with E-state index in [0.29, 0.717) is 31.8 Å². The molecule has 2 heterocycles. The van der Waals surface area contributed by atoms with Gasteiger partial charge in [-0.15, -0.1) is 0 Å². The third-order valence-electron chi connectivity index (χ3n) is 8.46. The van der Waals surface area contributed by atoms with Crippen molar-refractivity contribution < 1.29 is 14.7 Å². The highest BCUT2D eigenvalue weighted by Gasteiger charge is 2.35. The van der Waals surface area contributed by atoms with Crippen LogP contribution in [0.1, 0.15) is 89.2 Å². The largest absolute Gasteiger partial charge is 0.481 e. The van der Waals surface area contributed by atoms with Crippen LogP contribution in [-0.4, -0.2) is 44.9 Å². The summed E-state index contributed by atoms with van der Waals surface area (Å²) in [5, 5.41) is 8.96. The molecule has 2 aliphatic rings. The van der Waals surface area contributed by atoms with Gasteiger partial charge in [0, 0.05) is 43.0 Å². The van der Waals surface area contributed by atoms with Crippen molar-refractivity contribution in [3.63, 3.8) is 0 Å². The van der Waals surface area contributed by atoms with E-state index < -0.39 is 11.9 Å². The Balaban J connectivity index is 1.22. The smallest absolute Gasteiger partial charge is 0.310 e. The summed E-state index contributed by atoms with van der Waals surface area (Å²) in [6.45, 7) is 5.29. The highest BCUT2D eigenvalue weighted by Crippen LogP contribution is 2.33. The van der Waals surface area contributed by atoms with Crippen molar-refractivity contribution in [2.24, 2.45) is 17.8 Å². The maximum atomic E-state index is 12.2. The first kappa shape index (κ1) is 28.0. The van der Waals surface area contributed by atoms with Crippen LogP contribution in [-0.2, 0) is 16.0 Å². The lowest BCUT2D eigenvalue weighted by Crippen LogP contribution is -2.53. The molecule has 4 rings (SSSR count). The number of hydrogen-bond acceptors (Lipinski definition) is 4. The van der Waals surface area contributed by atoms with Crippen LogP contribution in [0.5, 0.6) is 0 Å². The third kappa shape index (κ3) is 7.52. The van der Waals surface area contributed by atoms with Crippen LogP contribution in [0.2, 0.25) is 0 Å². The van der Waals surface area contributed by atoms with Crippen LogP contribution in [0, 0.1) is 17.8 Å². The van der Waals surface area contributed by atoms with E-state index in [2.05, 4.69) is 29.9 Å². The molecule has 1 N–H and O–H groups in total. The van der Waals surface area contributed by atoms with Crippen LogP contribution in [0.3, 0.4) is 0 Å². The van der Waals surface area contributed by atoms with Crippen LogP contribution in [0.25, 0.3) is 17.0 Å². The summed E-state index contributed by atoms with van der Waals surface area (Å²) in [6.07, 6.45) is 19.0. The predicted octanol–water partition coefficient (Wildman–Crippen LogP) is 6.80. The Hall–Kier alpha value is -3.02. The summed E-state index contributed by atoms with van der Waals surface area (Å²) in [4.78, 5) is 34.1. The molecule has 0 saturated carbocycles. The minimum Gasteiger partial charge on any atom is -0.481 e. The summed E-state index contributed by atoms with van der Waals surface area (Å²) in [6, 6.07) is 8.05. The van der Waals surface area contributed by atoms with Gasteiger partial charge in [-0.25, -0.2) is 9.97 Å². The Morgan fingerprint density at radius 2 is 1.79 bits per heavy atom.